The second kappa shape index (κ2) is 5.87. The van der Waals surface area contributed by atoms with Crippen LogP contribution in [0.25, 0.3) is 10.9 Å². The number of hydrogen-bond acceptors (Lipinski definition) is 5. The van der Waals surface area contributed by atoms with Gasteiger partial charge in [0.15, 0.2) is 0 Å². The summed E-state index contributed by atoms with van der Waals surface area (Å²) in [6, 6.07) is 8.50. The molecule has 0 bridgehead atoms. The second-order valence-corrected chi connectivity index (χ2v) is 6.04. The molecule has 1 N–H and O–H groups in total. The van der Waals surface area contributed by atoms with Crippen LogP contribution in [0.2, 0.25) is 0 Å². The molecule has 6 heteroatoms. The molecule has 1 atom stereocenters. The Morgan fingerprint density at radius 3 is 3.00 bits per heavy atom. The van der Waals surface area contributed by atoms with Crippen molar-refractivity contribution in [2.24, 2.45) is 7.05 Å². The average Bonchev–Trinajstić information content (AvgIpc) is 3.02. The Labute approximate surface area is 135 Å². The van der Waals surface area contributed by atoms with Crippen LogP contribution in [-0.4, -0.2) is 38.9 Å². The first kappa shape index (κ1) is 14.0. The summed E-state index contributed by atoms with van der Waals surface area (Å²) in [6.45, 7) is 2.04. The number of anilines is 2. The predicted octanol–water partition coefficient (Wildman–Crippen LogP) is 2.44. The van der Waals surface area contributed by atoms with E-state index < -0.39 is 0 Å². The zero-order valence-electron chi connectivity index (χ0n) is 13.2. The van der Waals surface area contributed by atoms with E-state index in [1.807, 2.05) is 36.1 Å². The molecule has 118 valence electrons. The van der Waals surface area contributed by atoms with Crippen molar-refractivity contribution in [2.45, 2.75) is 18.9 Å². The fraction of sp³-hybridized carbons (Fsp3) is 0.353. The number of fused-ring (bicyclic) bond motifs is 1. The van der Waals surface area contributed by atoms with Crippen LogP contribution < -0.4 is 10.2 Å². The van der Waals surface area contributed by atoms with Gasteiger partial charge in [-0.3, -0.25) is 4.68 Å². The van der Waals surface area contributed by atoms with Gasteiger partial charge in [-0.1, -0.05) is 12.1 Å². The number of aryl methyl sites for hydroxylation is 1. The third-order valence-electron chi connectivity index (χ3n) is 4.36. The minimum Gasteiger partial charge on any atom is -0.367 e. The van der Waals surface area contributed by atoms with Crippen LogP contribution >= 0.6 is 0 Å². The van der Waals surface area contributed by atoms with Gasteiger partial charge in [-0.15, -0.1) is 0 Å². The molecule has 2 aromatic heterocycles. The van der Waals surface area contributed by atoms with E-state index in [4.69, 9.17) is 0 Å². The van der Waals surface area contributed by atoms with Gasteiger partial charge in [-0.25, -0.2) is 9.97 Å². The summed E-state index contributed by atoms with van der Waals surface area (Å²) in [4.78, 5) is 11.2. The molecule has 1 saturated heterocycles. The lowest BCUT2D eigenvalue weighted by Gasteiger charge is -2.34. The molecule has 0 radical (unpaired) electrons. The summed E-state index contributed by atoms with van der Waals surface area (Å²) in [7, 11) is 1.95. The first-order valence-corrected chi connectivity index (χ1v) is 7.99. The number of piperidine rings is 1. The predicted molar refractivity (Wildman–Crippen MR) is 91.6 cm³/mol. The first-order chi connectivity index (χ1) is 11.3. The molecule has 3 heterocycles. The molecule has 0 saturated carbocycles. The van der Waals surface area contributed by atoms with Gasteiger partial charge in [0, 0.05) is 37.8 Å². The molecule has 23 heavy (non-hydrogen) atoms. The molecule has 1 fully saturated rings. The van der Waals surface area contributed by atoms with Gasteiger partial charge in [0.25, 0.3) is 0 Å². The number of benzene rings is 1. The molecule has 1 unspecified atom stereocenters. The first-order valence-electron chi connectivity index (χ1n) is 7.99. The van der Waals surface area contributed by atoms with Gasteiger partial charge in [-0.05, 0) is 25.0 Å². The van der Waals surface area contributed by atoms with E-state index >= 15 is 0 Å². The molecule has 1 aromatic carbocycles. The third kappa shape index (κ3) is 2.84. The van der Waals surface area contributed by atoms with E-state index in [2.05, 4.69) is 37.5 Å². The lowest BCUT2D eigenvalue weighted by Crippen LogP contribution is -2.42. The van der Waals surface area contributed by atoms with E-state index in [0.717, 1.165) is 42.7 Å². The van der Waals surface area contributed by atoms with Gasteiger partial charge in [0.1, 0.15) is 12.1 Å². The Morgan fingerprint density at radius 1 is 1.22 bits per heavy atom. The highest BCUT2D eigenvalue weighted by Crippen LogP contribution is 2.24. The molecule has 1 aliphatic heterocycles. The number of aromatic nitrogens is 4. The number of hydrogen-bond donors (Lipinski definition) is 1. The zero-order valence-corrected chi connectivity index (χ0v) is 13.2. The van der Waals surface area contributed by atoms with Gasteiger partial charge in [-0.2, -0.15) is 5.10 Å². The van der Waals surface area contributed by atoms with Crippen molar-refractivity contribution in [3.8, 4) is 0 Å². The third-order valence-corrected chi connectivity index (χ3v) is 4.36. The van der Waals surface area contributed by atoms with Crippen molar-refractivity contribution in [1.82, 2.24) is 19.7 Å². The average molecular weight is 308 g/mol. The second-order valence-electron chi connectivity index (χ2n) is 6.04. The lowest BCUT2D eigenvalue weighted by molar-refractivity contribution is 0.529. The maximum atomic E-state index is 4.45. The normalized spacial score (nSPS) is 18.3. The topological polar surface area (TPSA) is 58.9 Å². The van der Waals surface area contributed by atoms with Crippen LogP contribution in [0.3, 0.4) is 0 Å². The Morgan fingerprint density at radius 2 is 2.13 bits per heavy atom. The van der Waals surface area contributed by atoms with Crippen LogP contribution in [-0.2, 0) is 7.05 Å². The van der Waals surface area contributed by atoms with Gasteiger partial charge < -0.3 is 10.2 Å². The summed E-state index contributed by atoms with van der Waals surface area (Å²) in [5.41, 5.74) is 2.16. The highest BCUT2D eigenvalue weighted by atomic mass is 15.3. The molecular weight excluding hydrogens is 288 g/mol. The Balaban J connectivity index is 1.54. The van der Waals surface area contributed by atoms with Gasteiger partial charge in [0.05, 0.1) is 17.4 Å². The fourth-order valence-electron chi connectivity index (χ4n) is 3.21. The van der Waals surface area contributed by atoms with Crippen molar-refractivity contribution in [2.75, 3.05) is 23.3 Å². The summed E-state index contributed by atoms with van der Waals surface area (Å²) >= 11 is 0. The standard InChI is InChI=1S/C17H20N6/c1-22-11-14(9-20-22)23-8-4-5-13(10-23)21-17-15-6-2-3-7-16(15)18-12-19-17/h2-3,6-7,9,11-13H,4-5,8,10H2,1H3,(H,18,19,21). The number of rotatable bonds is 3. The van der Waals surface area contributed by atoms with E-state index in [-0.39, 0.29) is 0 Å². The monoisotopic (exact) mass is 308 g/mol. The SMILES string of the molecule is Cn1cc(N2CCCC(Nc3ncnc4ccccc34)C2)cn1. The Kier molecular flexibility index (Phi) is 3.57. The maximum Gasteiger partial charge on any atom is 0.137 e. The summed E-state index contributed by atoms with van der Waals surface area (Å²) in [5, 5.41) is 8.96. The molecule has 1 aliphatic rings. The molecule has 0 spiro atoms. The van der Waals surface area contributed by atoms with Crippen LogP contribution in [0, 0.1) is 0 Å². The van der Waals surface area contributed by atoms with Gasteiger partial charge in [0.2, 0.25) is 0 Å². The molecule has 3 aromatic rings. The highest BCUT2D eigenvalue weighted by Gasteiger charge is 2.21. The van der Waals surface area contributed by atoms with Crippen LogP contribution in [0.4, 0.5) is 11.5 Å². The highest BCUT2D eigenvalue weighted by molar-refractivity contribution is 5.88. The van der Waals surface area contributed by atoms with E-state index in [0.29, 0.717) is 6.04 Å². The zero-order chi connectivity index (χ0) is 15.6. The lowest BCUT2D eigenvalue weighted by atomic mass is 10.1. The number of nitrogens with zero attached hydrogens (tertiary/aromatic N) is 5. The van der Waals surface area contributed by atoms with Crippen molar-refractivity contribution < 1.29 is 0 Å². The van der Waals surface area contributed by atoms with Crippen molar-refractivity contribution in [1.29, 1.82) is 0 Å². The minimum absolute atomic E-state index is 0.377. The quantitative estimate of drug-likeness (QED) is 0.805. The van der Waals surface area contributed by atoms with Crippen molar-refractivity contribution in [3.63, 3.8) is 0 Å². The molecule has 0 aliphatic carbocycles. The van der Waals surface area contributed by atoms with Gasteiger partial charge >= 0.3 is 0 Å². The Hall–Kier alpha value is -2.63. The van der Waals surface area contributed by atoms with Crippen LogP contribution in [0.5, 0.6) is 0 Å². The molecular formula is C17H20N6. The summed E-state index contributed by atoms with van der Waals surface area (Å²) < 4.78 is 1.85. The van der Waals surface area contributed by atoms with Crippen LogP contribution in [0.1, 0.15) is 12.8 Å². The molecule has 0 amide bonds. The summed E-state index contributed by atoms with van der Waals surface area (Å²) in [5.74, 6) is 0.925. The number of nitrogens with one attached hydrogen (secondary N) is 1. The van der Waals surface area contributed by atoms with Crippen molar-refractivity contribution >= 4 is 22.4 Å². The number of para-hydroxylation sites is 1. The molecule has 4 rings (SSSR count). The smallest absolute Gasteiger partial charge is 0.137 e. The van der Waals surface area contributed by atoms with E-state index in [9.17, 15) is 0 Å². The minimum atomic E-state index is 0.377. The van der Waals surface area contributed by atoms with E-state index in [1.54, 1.807) is 6.33 Å². The maximum absolute atomic E-state index is 4.45. The van der Waals surface area contributed by atoms with Crippen molar-refractivity contribution in [3.05, 3.63) is 43.0 Å². The largest absolute Gasteiger partial charge is 0.367 e. The van der Waals surface area contributed by atoms with Crippen LogP contribution in [0.15, 0.2) is 43.0 Å². The Bertz CT molecular complexity index is 806. The fourth-order valence-corrected chi connectivity index (χ4v) is 3.21. The van der Waals surface area contributed by atoms with E-state index in [1.165, 1.54) is 5.69 Å². The molecule has 6 nitrogen and oxygen atoms in total. The summed E-state index contributed by atoms with van der Waals surface area (Å²) in [6.07, 6.45) is 7.95.